The van der Waals surface area contributed by atoms with Crippen molar-refractivity contribution >= 4 is 28.8 Å². The molecule has 0 aliphatic heterocycles. The molecule has 0 fully saturated rings. The summed E-state index contributed by atoms with van der Waals surface area (Å²) in [7, 11) is 1.35. The number of carbonyl (C=O) groups is 2. The number of esters is 1. The van der Waals surface area contributed by atoms with Crippen LogP contribution in [0.5, 0.6) is 11.5 Å². The number of ketones is 1. The van der Waals surface area contributed by atoms with Gasteiger partial charge in [-0.1, -0.05) is 54.6 Å². The molecular formula is C35H32N2O5S. The van der Waals surface area contributed by atoms with Crippen LogP contribution in [0.4, 0.5) is 5.69 Å². The summed E-state index contributed by atoms with van der Waals surface area (Å²) in [4.78, 5) is 31.8. The highest BCUT2D eigenvalue weighted by Gasteiger charge is 2.22. The molecule has 5 rings (SSSR count). The third-order valence-electron chi connectivity index (χ3n) is 7.00. The van der Waals surface area contributed by atoms with Crippen LogP contribution in [-0.4, -0.2) is 41.6 Å². The number of hydrogen-bond acceptors (Lipinski definition) is 8. The molecule has 0 saturated heterocycles. The summed E-state index contributed by atoms with van der Waals surface area (Å²) in [5, 5.41) is 13.7. The fourth-order valence-electron chi connectivity index (χ4n) is 4.69. The number of ether oxygens (including phenoxy) is 2. The van der Waals surface area contributed by atoms with Gasteiger partial charge in [-0.15, -0.1) is 11.3 Å². The lowest BCUT2D eigenvalue weighted by atomic mass is 10.00. The van der Waals surface area contributed by atoms with Gasteiger partial charge in [0, 0.05) is 40.1 Å². The average molecular weight is 593 g/mol. The van der Waals surface area contributed by atoms with E-state index in [1.807, 2.05) is 67.6 Å². The Labute approximate surface area is 254 Å². The molecule has 7 nitrogen and oxygen atoms in total. The predicted molar refractivity (Wildman–Crippen MR) is 169 cm³/mol. The van der Waals surface area contributed by atoms with E-state index >= 15 is 0 Å². The van der Waals surface area contributed by atoms with E-state index in [-0.39, 0.29) is 11.5 Å². The molecular weight excluding hydrogens is 560 g/mol. The first-order valence-corrected chi connectivity index (χ1v) is 14.7. The van der Waals surface area contributed by atoms with E-state index in [0.29, 0.717) is 36.3 Å². The minimum Gasteiger partial charge on any atom is -0.508 e. The van der Waals surface area contributed by atoms with E-state index < -0.39 is 12.0 Å². The highest BCUT2D eigenvalue weighted by molar-refractivity contribution is 7.15. The van der Waals surface area contributed by atoms with Crippen molar-refractivity contribution < 1.29 is 24.2 Å². The van der Waals surface area contributed by atoms with Crippen molar-refractivity contribution in [2.75, 3.05) is 19.0 Å². The van der Waals surface area contributed by atoms with Gasteiger partial charge < -0.3 is 19.9 Å². The van der Waals surface area contributed by atoms with Crippen molar-refractivity contribution in [3.63, 3.8) is 0 Å². The molecule has 0 amide bonds. The number of benzene rings is 4. The number of aromatic hydroxyl groups is 1. The topological polar surface area (TPSA) is 97.8 Å². The summed E-state index contributed by atoms with van der Waals surface area (Å²) in [5.41, 5.74) is 4.50. The molecule has 0 bridgehead atoms. The first-order valence-electron chi connectivity index (χ1n) is 13.9. The summed E-state index contributed by atoms with van der Waals surface area (Å²) >= 11 is 1.62. The molecule has 4 aromatic carbocycles. The molecule has 1 heterocycles. The van der Waals surface area contributed by atoms with Gasteiger partial charge in [0.25, 0.3) is 0 Å². The number of nitrogens with zero attached hydrogens (tertiary/aromatic N) is 1. The predicted octanol–water partition coefficient (Wildman–Crippen LogP) is 6.87. The van der Waals surface area contributed by atoms with Crippen LogP contribution < -0.4 is 10.1 Å². The van der Waals surface area contributed by atoms with Gasteiger partial charge in [-0.05, 0) is 61.0 Å². The van der Waals surface area contributed by atoms with Crippen LogP contribution in [0, 0.1) is 6.92 Å². The van der Waals surface area contributed by atoms with E-state index in [2.05, 4.69) is 5.32 Å². The second kappa shape index (κ2) is 13.8. The molecule has 1 aromatic heterocycles. The van der Waals surface area contributed by atoms with Crippen LogP contribution in [0.15, 0.2) is 103 Å². The zero-order valence-electron chi connectivity index (χ0n) is 23.9. The number of aryl methyl sites for hydroxylation is 1. The van der Waals surface area contributed by atoms with Crippen LogP contribution in [-0.2, 0) is 22.4 Å². The van der Waals surface area contributed by atoms with Crippen molar-refractivity contribution in [2.45, 2.75) is 25.8 Å². The van der Waals surface area contributed by atoms with Crippen molar-refractivity contribution in [3.05, 3.63) is 130 Å². The molecule has 1 atom stereocenters. The van der Waals surface area contributed by atoms with Gasteiger partial charge in [0.2, 0.25) is 0 Å². The highest BCUT2D eigenvalue weighted by Crippen LogP contribution is 2.29. The van der Waals surface area contributed by atoms with Crippen LogP contribution in [0.25, 0.3) is 10.6 Å². The molecule has 8 heteroatoms. The monoisotopic (exact) mass is 592 g/mol. The number of para-hydroxylation sites is 1. The van der Waals surface area contributed by atoms with Gasteiger partial charge in [-0.3, -0.25) is 4.79 Å². The third kappa shape index (κ3) is 7.47. The number of phenolic OH excluding ortho intramolecular Hbond substituents is 1. The second-order valence-electron chi connectivity index (χ2n) is 9.98. The minimum atomic E-state index is -0.697. The standard InChI is InChI=1S/C35H32N2O5S/c1-23-30(37-34(43-23)26-14-16-27(38)17-15-26)20-21-42-28-18-12-24(13-19-28)22-32(35(40)41-2)36-31-11-7-6-10-29(31)33(39)25-8-4-3-5-9-25/h3-19,32,36,38H,20-22H2,1-2H3/t32-/m0/s1. The minimum absolute atomic E-state index is 0.127. The zero-order valence-corrected chi connectivity index (χ0v) is 24.8. The first-order chi connectivity index (χ1) is 20.9. The summed E-state index contributed by atoms with van der Waals surface area (Å²) in [6.07, 6.45) is 1.02. The summed E-state index contributed by atoms with van der Waals surface area (Å²) < 4.78 is 11.1. The molecule has 0 spiro atoms. The molecule has 0 radical (unpaired) electrons. The first kappa shape index (κ1) is 29.5. The van der Waals surface area contributed by atoms with E-state index in [0.717, 1.165) is 32.5 Å². The quantitative estimate of drug-likeness (QED) is 0.120. The van der Waals surface area contributed by atoms with Gasteiger partial charge in [0.1, 0.15) is 22.5 Å². The van der Waals surface area contributed by atoms with E-state index in [1.54, 1.807) is 53.8 Å². The van der Waals surface area contributed by atoms with Crippen LogP contribution in [0.1, 0.15) is 32.1 Å². The number of nitrogens with one attached hydrogen (secondary N) is 1. The third-order valence-corrected chi connectivity index (χ3v) is 8.06. The number of rotatable bonds is 12. The maximum absolute atomic E-state index is 13.2. The summed E-state index contributed by atoms with van der Waals surface area (Å²) in [6, 6.07) is 30.2. The van der Waals surface area contributed by atoms with E-state index in [9.17, 15) is 14.7 Å². The normalized spacial score (nSPS) is 11.5. The van der Waals surface area contributed by atoms with Crippen molar-refractivity contribution in [3.8, 4) is 22.1 Å². The van der Waals surface area contributed by atoms with Gasteiger partial charge in [-0.2, -0.15) is 0 Å². The smallest absolute Gasteiger partial charge is 0.328 e. The lowest BCUT2D eigenvalue weighted by Gasteiger charge is -2.20. The van der Waals surface area contributed by atoms with Crippen molar-refractivity contribution in [1.29, 1.82) is 0 Å². The Kier molecular flexibility index (Phi) is 9.49. The molecule has 218 valence electrons. The van der Waals surface area contributed by atoms with Crippen LogP contribution >= 0.6 is 11.3 Å². The number of methoxy groups -OCH3 is 1. The Balaban J connectivity index is 1.21. The Bertz CT molecular complexity index is 1680. The molecule has 0 aliphatic rings. The Hall–Kier alpha value is -4.95. The molecule has 2 N–H and O–H groups in total. The van der Waals surface area contributed by atoms with Gasteiger partial charge >= 0.3 is 5.97 Å². The zero-order chi connectivity index (χ0) is 30.2. The van der Waals surface area contributed by atoms with Crippen LogP contribution in [0.2, 0.25) is 0 Å². The maximum Gasteiger partial charge on any atom is 0.328 e. The molecule has 5 aromatic rings. The molecule has 43 heavy (non-hydrogen) atoms. The number of thiazole rings is 1. The van der Waals surface area contributed by atoms with E-state index in [1.165, 1.54) is 7.11 Å². The van der Waals surface area contributed by atoms with E-state index in [4.69, 9.17) is 14.5 Å². The fraction of sp³-hybridized carbons (Fsp3) is 0.171. The number of phenols is 1. The fourth-order valence-corrected chi connectivity index (χ4v) is 5.65. The van der Waals surface area contributed by atoms with Gasteiger partial charge in [-0.25, -0.2) is 9.78 Å². The number of hydrogen-bond donors (Lipinski definition) is 2. The second-order valence-corrected chi connectivity index (χ2v) is 11.2. The Morgan fingerprint density at radius 3 is 2.33 bits per heavy atom. The Morgan fingerprint density at radius 2 is 1.60 bits per heavy atom. The van der Waals surface area contributed by atoms with Crippen molar-refractivity contribution in [1.82, 2.24) is 4.98 Å². The number of carbonyl (C=O) groups excluding carboxylic acids is 2. The summed E-state index contributed by atoms with van der Waals surface area (Å²) in [6.45, 7) is 2.52. The Morgan fingerprint density at radius 1 is 0.907 bits per heavy atom. The highest BCUT2D eigenvalue weighted by atomic mass is 32.1. The van der Waals surface area contributed by atoms with Gasteiger partial charge in [0.15, 0.2) is 5.78 Å². The number of aromatic nitrogens is 1. The van der Waals surface area contributed by atoms with Crippen LogP contribution in [0.3, 0.4) is 0 Å². The lowest BCUT2D eigenvalue weighted by molar-refractivity contribution is -0.141. The van der Waals surface area contributed by atoms with Gasteiger partial charge in [0.05, 0.1) is 19.4 Å². The average Bonchev–Trinajstić information content (AvgIpc) is 3.41. The maximum atomic E-state index is 13.2. The van der Waals surface area contributed by atoms with Crippen molar-refractivity contribution in [2.24, 2.45) is 0 Å². The SMILES string of the molecule is COC(=O)[C@H](Cc1ccc(OCCc2nc(-c3ccc(O)cc3)sc2C)cc1)Nc1ccccc1C(=O)c1ccccc1. The lowest BCUT2D eigenvalue weighted by Crippen LogP contribution is -2.33. The number of anilines is 1. The largest absolute Gasteiger partial charge is 0.508 e. The summed E-state index contributed by atoms with van der Waals surface area (Å²) in [5.74, 6) is 0.400. The molecule has 0 aliphatic carbocycles. The molecule has 0 saturated carbocycles. The molecule has 0 unspecified atom stereocenters.